The second kappa shape index (κ2) is 14.1. The highest BCUT2D eigenvalue weighted by Crippen LogP contribution is 2.36. The van der Waals surface area contributed by atoms with E-state index >= 15 is 0 Å². The number of nitrogens with two attached hydrogens (primary N) is 2. The molecular formula is C30H40N8O10S2. The van der Waals surface area contributed by atoms with Gasteiger partial charge in [0.05, 0.1) is 5.54 Å². The number of rotatable bonds is 12. The fourth-order valence-electron chi connectivity index (χ4n) is 6.16. The van der Waals surface area contributed by atoms with Crippen molar-refractivity contribution in [2.75, 3.05) is 12.3 Å². The number of hydroxylamine groups is 2. The Kier molecular flexibility index (Phi) is 10.4. The first-order valence-corrected chi connectivity index (χ1v) is 18.1. The maximum Gasteiger partial charge on any atom is 0.418 e. The van der Waals surface area contributed by atoms with E-state index in [1.165, 1.54) is 26.2 Å². The van der Waals surface area contributed by atoms with Gasteiger partial charge in [-0.2, -0.15) is 13.5 Å². The lowest BCUT2D eigenvalue weighted by atomic mass is 9.84. The molecular weight excluding hydrogens is 697 g/mol. The second-order valence-electron chi connectivity index (χ2n) is 13.1. The topological polar surface area (TPSA) is 282 Å². The number of amides is 2. The van der Waals surface area contributed by atoms with Crippen LogP contribution < -0.4 is 26.8 Å². The summed E-state index contributed by atoms with van der Waals surface area (Å²) in [6.07, 6.45) is 3.44. The zero-order valence-electron chi connectivity index (χ0n) is 27.5. The number of thiazole rings is 1. The number of nitrogens with zero attached hydrogens (tertiary/aromatic N) is 3. The Labute approximate surface area is 291 Å². The highest BCUT2D eigenvalue weighted by molar-refractivity contribution is 7.80. The number of carbonyl (C=O) groups excluding carboxylic acids is 2. The molecule has 2 aliphatic heterocycles. The first-order valence-electron chi connectivity index (χ1n) is 15.8. The number of benzene rings is 1. The second-order valence-corrected chi connectivity index (χ2v) is 15.0. The first kappa shape index (κ1) is 36.9. The molecule has 2 amide bonds. The average molecular weight is 737 g/mol. The Morgan fingerprint density at radius 2 is 1.94 bits per heavy atom. The molecule has 3 heterocycles. The number of aromatic nitrogens is 1. The number of anilines is 1. The van der Waals surface area contributed by atoms with Gasteiger partial charge in [-0.1, -0.05) is 5.16 Å². The van der Waals surface area contributed by atoms with Gasteiger partial charge in [0.15, 0.2) is 16.9 Å². The summed E-state index contributed by atoms with van der Waals surface area (Å²) in [7, 11) is -5.03. The van der Waals surface area contributed by atoms with E-state index in [9.17, 15) is 27.9 Å². The molecule has 2 aromatic rings. The van der Waals surface area contributed by atoms with Gasteiger partial charge in [-0.05, 0) is 95.5 Å². The molecule has 1 aromatic carbocycles. The number of amidine groups is 1. The number of oxime groups is 1. The van der Waals surface area contributed by atoms with Crippen LogP contribution in [0.2, 0.25) is 0 Å². The van der Waals surface area contributed by atoms with Crippen LogP contribution in [-0.2, 0) is 40.3 Å². The van der Waals surface area contributed by atoms with Crippen LogP contribution in [0.15, 0.2) is 28.7 Å². The van der Waals surface area contributed by atoms with Gasteiger partial charge in [-0.25, -0.2) is 9.78 Å². The molecule has 9 N–H and O–H groups in total. The number of aryl methyl sites for hydroxylation is 1. The number of nitrogens with one attached hydrogen (secondary N) is 3. The van der Waals surface area contributed by atoms with E-state index in [2.05, 4.69) is 25.1 Å². The number of carboxylic acids is 1. The molecule has 0 spiro atoms. The Balaban J connectivity index is 1.31. The van der Waals surface area contributed by atoms with E-state index in [1.54, 1.807) is 12.1 Å². The van der Waals surface area contributed by atoms with Crippen LogP contribution in [0.25, 0.3) is 0 Å². The molecule has 0 unspecified atom stereocenters. The lowest BCUT2D eigenvalue weighted by Gasteiger charge is -2.50. The summed E-state index contributed by atoms with van der Waals surface area (Å²) < 4.78 is 41.8. The molecule has 18 nitrogen and oxygen atoms in total. The number of fused-ring (bicyclic) bond motifs is 1. The van der Waals surface area contributed by atoms with E-state index < -0.39 is 57.2 Å². The minimum Gasteiger partial charge on any atom is -0.485 e. The summed E-state index contributed by atoms with van der Waals surface area (Å²) in [5.41, 5.74) is 8.86. The van der Waals surface area contributed by atoms with Crippen molar-refractivity contribution in [3.8, 4) is 5.75 Å². The number of hydrogen-bond acceptors (Lipinski definition) is 14. The highest BCUT2D eigenvalue weighted by Gasteiger charge is 2.58. The van der Waals surface area contributed by atoms with E-state index in [0.29, 0.717) is 41.1 Å². The number of carbonyl (C=O) groups is 3. The van der Waals surface area contributed by atoms with Gasteiger partial charge in [0.25, 0.3) is 17.4 Å². The van der Waals surface area contributed by atoms with Crippen molar-refractivity contribution in [3.63, 3.8) is 0 Å². The van der Waals surface area contributed by atoms with E-state index in [1.807, 2.05) is 6.07 Å². The Morgan fingerprint density at radius 1 is 1.24 bits per heavy atom. The zero-order chi connectivity index (χ0) is 36.6. The van der Waals surface area contributed by atoms with Crippen molar-refractivity contribution in [3.05, 3.63) is 40.4 Å². The summed E-state index contributed by atoms with van der Waals surface area (Å²) in [6.45, 7) is 4.66. The van der Waals surface area contributed by atoms with Crippen LogP contribution in [0, 0.1) is 11.3 Å². The lowest BCUT2D eigenvalue weighted by molar-refractivity contribution is -0.218. The number of carboxylic acid groups (broad SMARTS) is 1. The van der Waals surface area contributed by atoms with Crippen LogP contribution in [-0.4, -0.2) is 93.3 Å². The minimum absolute atomic E-state index is 0.0584. The standard InChI is InChI=1S/C30H40N8O10S2/c1-29(2)23(26(40)38(29)48-50(43,44)45)36-25(39)22(19-14-49-28(33)35-19)37-47-30(3,27(41)42)21-11-7-16-12-17(6-10-20(16)46-21)24(32)34-18-8-4-15(13-31)5-9-18/h6,10,12,14-15,18,21,23H,4-5,7-9,11,13,31H2,1-3H3,(H2,32,34)(H2,33,35)(H,36,39)(H,41,42)(H,43,44,45)/b37-22-/t15-,18-,21-,23-,30+/m1/s1. The third-order valence-corrected chi connectivity index (χ3v) is 10.3. The quantitative estimate of drug-likeness (QED) is 0.0526. The predicted octanol–water partition coefficient (Wildman–Crippen LogP) is 0.956. The van der Waals surface area contributed by atoms with Crippen molar-refractivity contribution >= 4 is 56.2 Å². The number of nitrogen functional groups attached to an aromatic ring is 1. The molecule has 1 aromatic heterocycles. The van der Waals surface area contributed by atoms with Gasteiger partial charge in [0.2, 0.25) is 0 Å². The fraction of sp³-hybridized carbons (Fsp3) is 0.533. The van der Waals surface area contributed by atoms with E-state index in [-0.39, 0.29) is 23.3 Å². The third-order valence-electron chi connectivity index (χ3n) is 9.29. The molecule has 0 bridgehead atoms. The summed E-state index contributed by atoms with van der Waals surface area (Å²) >= 11 is 0.965. The Hall–Kier alpha value is -4.37. The van der Waals surface area contributed by atoms with Crippen molar-refractivity contribution in [1.29, 1.82) is 5.41 Å². The van der Waals surface area contributed by atoms with Gasteiger partial charge in [-0.3, -0.25) is 19.6 Å². The number of ether oxygens (including phenoxy) is 1. The number of hydrogen-bond donors (Lipinski definition) is 7. The van der Waals surface area contributed by atoms with Crippen molar-refractivity contribution < 1.29 is 46.3 Å². The summed E-state index contributed by atoms with van der Waals surface area (Å²) in [5, 5.41) is 30.3. The molecule has 3 aliphatic rings. The minimum atomic E-state index is -5.03. The molecule has 1 saturated carbocycles. The van der Waals surface area contributed by atoms with E-state index in [4.69, 9.17) is 31.0 Å². The van der Waals surface area contributed by atoms with Crippen LogP contribution in [0.5, 0.6) is 5.75 Å². The fourth-order valence-corrected chi connectivity index (χ4v) is 7.16. The molecule has 2 fully saturated rings. The van der Waals surface area contributed by atoms with Gasteiger partial charge in [0, 0.05) is 17.0 Å². The largest absolute Gasteiger partial charge is 0.485 e. The Bertz CT molecular complexity index is 1810. The van der Waals surface area contributed by atoms with Gasteiger partial charge in [-0.15, -0.1) is 15.6 Å². The first-order chi connectivity index (χ1) is 23.4. The van der Waals surface area contributed by atoms with Crippen LogP contribution in [0.3, 0.4) is 0 Å². The SMILES string of the molecule is CC1(C)[C@H](NC(=O)/C(=N\O[C@](C)(C(=O)O)[C@H]2CCc3cc(C(=N)N[C@H]4CC[C@H](CN)CC4)ccc3O2)c2csc(N)n2)C(=O)N1OS(=O)(=O)O. The van der Waals surface area contributed by atoms with Crippen molar-refractivity contribution in [1.82, 2.24) is 20.7 Å². The summed E-state index contributed by atoms with van der Waals surface area (Å²) in [6, 6.07) is 4.09. The van der Waals surface area contributed by atoms with Gasteiger partial charge < -0.3 is 36.8 Å². The van der Waals surface area contributed by atoms with Crippen molar-refractivity contribution in [2.45, 2.75) is 88.6 Å². The predicted molar refractivity (Wildman–Crippen MR) is 180 cm³/mol. The highest BCUT2D eigenvalue weighted by atomic mass is 32.3. The lowest BCUT2D eigenvalue weighted by Crippen LogP contribution is -2.76. The van der Waals surface area contributed by atoms with Gasteiger partial charge in [0.1, 0.15) is 23.3 Å². The smallest absolute Gasteiger partial charge is 0.418 e. The molecule has 0 radical (unpaired) electrons. The third kappa shape index (κ3) is 7.68. The monoisotopic (exact) mass is 736 g/mol. The molecule has 272 valence electrons. The summed E-state index contributed by atoms with van der Waals surface area (Å²) in [4.78, 5) is 48.4. The molecule has 50 heavy (non-hydrogen) atoms. The van der Waals surface area contributed by atoms with Crippen LogP contribution >= 0.6 is 11.3 Å². The normalized spacial score (nSPS) is 24.5. The molecule has 5 rings (SSSR count). The molecule has 20 heteroatoms. The molecule has 1 aliphatic carbocycles. The van der Waals surface area contributed by atoms with Crippen LogP contribution in [0.1, 0.15) is 69.7 Å². The van der Waals surface area contributed by atoms with Gasteiger partial charge >= 0.3 is 16.4 Å². The molecule has 1 saturated heterocycles. The number of β-lactam (4-membered cyclic amide) rings is 1. The zero-order valence-corrected chi connectivity index (χ0v) is 29.2. The van der Waals surface area contributed by atoms with E-state index in [0.717, 1.165) is 42.6 Å². The van der Waals surface area contributed by atoms with Crippen LogP contribution in [0.4, 0.5) is 5.13 Å². The summed E-state index contributed by atoms with van der Waals surface area (Å²) in [5.74, 6) is -2.23. The maximum atomic E-state index is 13.5. The van der Waals surface area contributed by atoms with Crippen molar-refractivity contribution in [2.24, 2.45) is 16.8 Å². The average Bonchev–Trinajstić information content (AvgIpc) is 3.50. The Morgan fingerprint density at radius 3 is 2.52 bits per heavy atom. The molecule has 3 atom stereocenters. The maximum absolute atomic E-state index is 13.5. The number of aliphatic carboxylic acids is 1.